The molecule has 0 radical (unpaired) electrons. The fraction of sp³-hybridized carbons (Fsp3) is 0.304. The summed E-state index contributed by atoms with van der Waals surface area (Å²) in [4.78, 5) is 25.0. The number of rotatable bonds is 6. The Bertz CT molecular complexity index is 1120. The van der Waals surface area contributed by atoms with Crippen molar-refractivity contribution in [2.24, 2.45) is 0 Å². The zero-order valence-electron chi connectivity index (χ0n) is 17.3. The van der Waals surface area contributed by atoms with Crippen LogP contribution in [0.5, 0.6) is 0 Å². The molecule has 0 atom stereocenters. The Morgan fingerprint density at radius 1 is 1.10 bits per heavy atom. The second-order valence-corrected chi connectivity index (χ2v) is 7.61. The maximum absolute atomic E-state index is 13.9. The van der Waals surface area contributed by atoms with Gasteiger partial charge in [0.25, 0.3) is 11.8 Å². The van der Waals surface area contributed by atoms with Gasteiger partial charge in [-0.15, -0.1) is 10.2 Å². The van der Waals surface area contributed by atoms with Gasteiger partial charge in [0.15, 0.2) is 0 Å². The molecule has 31 heavy (non-hydrogen) atoms. The van der Waals surface area contributed by atoms with Crippen molar-refractivity contribution in [2.75, 3.05) is 11.9 Å². The summed E-state index contributed by atoms with van der Waals surface area (Å²) < 4.78 is 16.0. The molecule has 160 valence electrons. The maximum atomic E-state index is 13.9. The highest BCUT2D eigenvalue weighted by Gasteiger charge is 2.17. The van der Waals surface area contributed by atoms with Gasteiger partial charge in [-0.2, -0.15) is 0 Å². The zero-order chi connectivity index (χ0) is 21.8. The number of aromatic nitrogens is 3. The molecule has 0 fully saturated rings. The molecular weight excluding hydrogens is 397 g/mol. The number of amides is 2. The van der Waals surface area contributed by atoms with Gasteiger partial charge < -0.3 is 15.2 Å². The molecule has 3 aromatic rings. The molecule has 2 heterocycles. The van der Waals surface area contributed by atoms with E-state index in [0.29, 0.717) is 24.2 Å². The molecule has 2 N–H and O–H groups in total. The van der Waals surface area contributed by atoms with Crippen LogP contribution in [0, 0.1) is 12.7 Å². The molecule has 7 nitrogen and oxygen atoms in total. The van der Waals surface area contributed by atoms with Crippen molar-refractivity contribution in [3.8, 4) is 0 Å². The first-order valence-electron chi connectivity index (χ1n) is 10.4. The third-order valence-electron chi connectivity index (χ3n) is 5.44. The number of carbonyl (C=O) groups is 2. The number of benzene rings is 2. The van der Waals surface area contributed by atoms with Gasteiger partial charge in [-0.25, -0.2) is 4.39 Å². The predicted molar refractivity (Wildman–Crippen MR) is 115 cm³/mol. The molecule has 0 saturated heterocycles. The van der Waals surface area contributed by atoms with Gasteiger partial charge in [0.2, 0.25) is 0 Å². The topological polar surface area (TPSA) is 88.9 Å². The van der Waals surface area contributed by atoms with Gasteiger partial charge in [0.1, 0.15) is 17.5 Å². The van der Waals surface area contributed by atoms with Crippen LogP contribution < -0.4 is 10.6 Å². The van der Waals surface area contributed by atoms with Crippen molar-refractivity contribution in [2.45, 2.75) is 39.2 Å². The van der Waals surface area contributed by atoms with Crippen LogP contribution in [0.3, 0.4) is 0 Å². The van der Waals surface area contributed by atoms with E-state index in [0.717, 1.165) is 43.0 Å². The molecule has 1 aliphatic heterocycles. The van der Waals surface area contributed by atoms with Gasteiger partial charge in [-0.3, -0.25) is 9.59 Å². The first kappa shape index (κ1) is 20.7. The maximum Gasteiger partial charge on any atom is 0.258 e. The van der Waals surface area contributed by atoms with Crippen LogP contribution in [-0.4, -0.2) is 33.1 Å². The average Bonchev–Trinajstić information content (AvgIpc) is 3.18. The number of nitrogens with one attached hydrogen (secondary N) is 2. The van der Waals surface area contributed by atoms with E-state index < -0.39 is 11.7 Å². The lowest BCUT2D eigenvalue weighted by molar-refractivity contribution is 0.0952. The normalized spacial score (nSPS) is 12.8. The molecule has 1 aromatic heterocycles. The van der Waals surface area contributed by atoms with Crippen LogP contribution in [0.2, 0.25) is 0 Å². The summed E-state index contributed by atoms with van der Waals surface area (Å²) >= 11 is 0. The fourth-order valence-electron chi connectivity index (χ4n) is 3.68. The van der Waals surface area contributed by atoms with Crippen molar-refractivity contribution in [3.05, 3.63) is 76.6 Å². The van der Waals surface area contributed by atoms with Crippen molar-refractivity contribution < 1.29 is 14.0 Å². The van der Waals surface area contributed by atoms with Crippen LogP contribution in [0.25, 0.3) is 0 Å². The first-order valence-corrected chi connectivity index (χ1v) is 10.4. The number of hydrogen-bond donors (Lipinski definition) is 2. The van der Waals surface area contributed by atoms with E-state index in [1.54, 1.807) is 24.3 Å². The molecule has 2 aromatic carbocycles. The van der Waals surface area contributed by atoms with E-state index in [9.17, 15) is 14.0 Å². The molecule has 0 spiro atoms. The molecule has 0 unspecified atom stereocenters. The monoisotopic (exact) mass is 421 g/mol. The number of aryl methyl sites for hydroxylation is 2. The smallest absolute Gasteiger partial charge is 0.258 e. The molecule has 0 aliphatic carbocycles. The Morgan fingerprint density at radius 2 is 1.94 bits per heavy atom. The van der Waals surface area contributed by atoms with Crippen LogP contribution in [-0.2, 0) is 19.4 Å². The Balaban J connectivity index is 1.39. The highest BCUT2D eigenvalue weighted by molar-refractivity contribution is 6.05. The van der Waals surface area contributed by atoms with Gasteiger partial charge in [0, 0.05) is 37.2 Å². The Morgan fingerprint density at radius 3 is 2.77 bits per heavy atom. The van der Waals surface area contributed by atoms with Crippen molar-refractivity contribution in [1.82, 2.24) is 20.1 Å². The number of anilines is 1. The predicted octanol–water partition coefficient (Wildman–Crippen LogP) is 3.29. The molecule has 8 heteroatoms. The van der Waals surface area contributed by atoms with Gasteiger partial charge in [-0.05, 0) is 49.6 Å². The van der Waals surface area contributed by atoms with Gasteiger partial charge in [0.05, 0.1) is 5.56 Å². The third kappa shape index (κ3) is 4.63. The fourth-order valence-corrected chi connectivity index (χ4v) is 3.68. The van der Waals surface area contributed by atoms with E-state index in [-0.39, 0.29) is 11.5 Å². The van der Waals surface area contributed by atoms with E-state index >= 15 is 0 Å². The summed E-state index contributed by atoms with van der Waals surface area (Å²) in [5.41, 5.74) is 1.61. The quantitative estimate of drug-likeness (QED) is 0.639. The van der Waals surface area contributed by atoms with Gasteiger partial charge in [-0.1, -0.05) is 18.2 Å². The number of nitrogens with zero attached hydrogens (tertiary/aromatic N) is 3. The highest BCUT2D eigenvalue weighted by atomic mass is 19.1. The minimum atomic E-state index is -0.595. The second kappa shape index (κ2) is 9.07. The summed E-state index contributed by atoms with van der Waals surface area (Å²) in [6.45, 7) is 3.17. The lowest BCUT2D eigenvalue weighted by Gasteiger charge is -2.15. The SMILES string of the molecule is Cc1ccc(C(=O)NCCc2nnc3n2CCCC3)cc1NC(=O)c1ccccc1F. The summed E-state index contributed by atoms with van der Waals surface area (Å²) in [5.74, 6) is 0.496. The molecule has 0 bridgehead atoms. The molecule has 4 rings (SSSR count). The largest absolute Gasteiger partial charge is 0.352 e. The first-order chi connectivity index (χ1) is 15.0. The summed E-state index contributed by atoms with van der Waals surface area (Å²) in [6, 6.07) is 10.8. The summed E-state index contributed by atoms with van der Waals surface area (Å²) in [7, 11) is 0. The van der Waals surface area contributed by atoms with Crippen LogP contribution in [0.1, 0.15) is 50.8 Å². The van der Waals surface area contributed by atoms with E-state index in [1.807, 2.05) is 6.92 Å². The minimum absolute atomic E-state index is 0.0478. The Labute approximate surface area is 179 Å². The molecule has 2 amide bonds. The third-order valence-corrected chi connectivity index (χ3v) is 5.44. The van der Waals surface area contributed by atoms with Crippen molar-refractivity contribution in [3.63, 3.8) is 0 Å². The average molecular weight is 421 g/mol. The molecule has 0 saturated carbocycles. The number of carbonyl (C=O) groups excluding carboxylic acids is 2. The molecule has 1 aliphatic rings. The zero-order valence-corrected chi connectivity index (χ0v) is 17.3. The lowest BCUT2D eigenvalue weighted by atomic mass is 10.1. The van der Waals surface area contributed by atoms with E-state index in [4.69, 9.17) is 0 Å². The minimum Gasteiger partial charge on any atom is -0.352 e. The van der Waals surface area contributed by atoms with Crippen LogP contribution in [0.15, 0.2) is 42.5 Å². The number of fused-ring (bicyclic) bond motifs is 1. The lowest BCUT2D eigenvalue weighted by Crippen LogP contribution is -2.27. The molecular formula is C23H24FN5O2. The Kier molecular flexibility index (Phi) is 6.06. The van der Waals surface area contributed by atoms with Crippen LogP contribution in [0.4, 0.5) is 10.1 Å². The standard InChI is InChI=1S/C23H24FN5O2/c1-15-9-10-16(14-19(15)26-23(31)17-6-2-3-7-18(17)24)22(30)25-12-11-21-28-27-20-8-4-5-13-29(20)21/h2-3,6-7,9-10,14H,4-5,8,11-13H2,1H3,(H,25,30)(H,26,31). The number of hydrogen-bond acceptors (Lipinski definition) is 4. The van der Waals surface area contributed by atoms with Crippen molar-refractivity contribution >= 4 is 17.5 Å². The Hall–Kier alpha value is -3.55. The second-order valence-electron chi connectivity index (χ2n) is 7.61. The highest BCUT2D eigenvalue weighted by Crippen LogP contribution is 2.19. The van der Waals surface area contributed by atoms with E-state index in [1.165, 1.54) is 18.2 Å². The van der Waals surface area contributed by atoms with E-state index in [2.05, 4.69) is 25.4 Å². The summed E-state index contributed by atoms with van der Waals surface area (Å²) in [6.07, 6.45) is 3.80. The van der Waals surface area contributed by atoms with Gasteiger partial charge >= 0.3 is 0 Å². The summed E-state index contributed by atoms with van der Waals surface area (Å²) in [5, 5.41) is 14.1. The van der Waals surface area contributed by atoms with Crippen molar-refractivity contribution in [1.29, 1.82) is 0 Å². The number of halogens is 1. The van der Waals surface area contributed by atoms with Crippen LogP contribution >= 0.6 is 0 Å².